The van der Waals surface area contributed by atoms with E-state index in [4.69, 9.17) is 13.8 Å². The molecule has 1 amide bonds. The van der Waals surface area contributed by atoms with Gasteiger partial charge < -0.3 is 28.5 Å². The molecule has 0 aliphatic carbocycles. The fourth-order valence-corrected chi connectivity index (χ4v) is 9.00. The summed E-state index contributed by atoms with van der Waals surface area (Å²) in [5, 5.41) is 3.01. The number of nitrogens with zero attached hydrogens (tertiary/aromatic N) is 1. The number of rotatable bonds is 52. The minimum absolute atomic E-state index is 0.0244. The largest absolute Gasteiger partial charge is 0.756 e. The number of phosphoric ester groups is 1. The van der Waals surface area contributed by atoms with Crippen molar-refractivity contribution in [2.24, 2.45) is 0 Å². The number of esters is 1. The average molecular weight is 980 g/mol. The minimum atomic E-state index is -4.69. The Hall–Kier alpha value is -1.77. The zero-order valence-electron chi connectivity index (χ0n) is 45.6. The second kappa shape index (κ2) is 48.8. The Kier molecular flexibility index (Phi) is 47.6. The van der Waals surface area contributed by atoms with Crippen molar-refractivity contribution in [1.82, 2.24) is 5.32 Å². The molecule has 0 aliphatic heterocycles. The van der Waals surface area contributed by atoms with Gasteiger partial charge in [-0.25, -0.2) is 0 Å². The quantitative estimate of drug-likeness (QED) is 0.0212. The Bertz CT molecular complexity index is 1270. The van der Waals surface area contributed by atoms with Crippen LogP contribution in [-0.4, -0.2) is 69.4 Å². The van der Waals surface area contributed by atoms with Gasteiger partial charge in [-0.15, -0.1) is 0 Å². The van der Waals surface area contributed by atoms with Crippen molar-refractivity contribution in [1.29, 1.82) is 0 Å². The van der Waals surface area contributed by atoms with Gasteiger partial charge in [-0.1, -0.05) is 212 Å². The lowest BCUT2D eigenvalue weighted by molar-refractivity contribution is -0.870. The number of allylic oxidation sites excluding steroid dienone is 5. The molecule has 0 aromatic heterocycles. The Labute approximate surface area is 421 Å². The van der Waals surface area contributed by atoms with Gasteiger partial charge in [0, 0.05) is 12.8 Å². The molecule has 0 heterocycles. The van der Waals surface area contributed by atoms with Gasteiger partial charge in [-0.2, -0.15) is 0 Å². The van der Waals surface area contributed by atoms with Crippen LogP contribution < -0.4 is 10.2 Å². The number of carbonyl (C=O) groups excluding carboxylic acids is 2. The number of hydrogen-bond acceptors (Lipinski definition) is 7. The predicted molar refractivity (Wildman–Crippen MR) is 289 cm³/mol. The fourth-order valence-electron chi connectivity index (χ4n) is 8.28. The van der Waals surface area contributed by atoms with Gasteiger partial charge in [0.2, 0.25) is 5.91 Å². The fraction of sp³-hybridized carbons (Fsp3) is 0.862. The van der Waals surface area contributed by atoms with E-state index in [2.05, 4.69) is 50.4 Å². The van der Waals surface area contributed by atoms with Crippen molar-refractivity contribution in [2.45, 2.75) is 283 Å². The maximum Gasteiger partial charge on any atom is 0.306 e. The van der Waals surface area contributed by atoms with E-state index in [1.165, 1.54) is 154 Å². The molecule has 68 heavy (non-hydrogen) atoms. The number of nitrogens with one attached hydrogen (secondary N) is 1. The molecule has 1 N–H and O–H groups in total. The molecule has 0 fully saturated rings. The summed E-state index contributed by atoms with van der Waals surface area (Å²) in [6.45, 7) is 6.82. The van der Waals surface area contributed by atoms with Gasteiger partial charge in [0.25, 0.3) is 7.82 Å². The molecule has 0 saturated heterocycles. The van der Waals surface area contributed by atoms with Crippen molar-refractivity contribution in [2.75, 3.05) is 40.9 Å². The number of carbonyl (C=O) groups is 2. The normalized spacial score (nSPS) is 14.0. The van der Waals surface area contributed by atoms with Gasteiger partial charge >= 0.3 is 5.97 Å². The van der Waals surface area contributed by atoms with Crippen molar-refractivity contribution in [3.63, 3.8) is 0 Å². The summed E-state index contributed by atoms with van der Waals surface area (Å²) in [6, 6.07) is -0.894. The third-order valence-electron chi connectivity index (χ3n) is 12.8. The summed E-state index contributed by atoms with van der Waals surface area (Å²) in [6.07, 6.45) is 56.8. The molecular formula is C58H111N2O7P. The lowest BCUT2D eigenvalue weighted by Gasteiger charge is -2.30. The molecule has 10 heteroatoms. The summed E-state index contributed by atoms with van der Waals surface area (Å²) in [5.41, 5.74) is 0. The molecule has 0 aromatic carbocycles. The van der Waals surface area contributed by atoms with E-state index < -0.39 is 26.6 Å². The molecule has 3 unspecified atom stereocenters. The molecule has 9 nitrogen and oxygen atoms in total. The first kappa shape index (κ1) is 66.2. The second-order valence-electron chi connectivity index (χ2n) is 20.8. The third kappa shape index (κ3) is 49.2. The van der Waals surface area contributed by atoms with Crippen LogP contribution in [0.3, 0.4) is 0 Å². The number of quaternary nitrogens is 1. The van der Waals surface area contributed by atoms with Gasteiger partial charge in [-0.05, 0) is 83.1 Å². The van der Waals surface area contributed by atoms with E-state index >= 15 is 0 Å². The molecule has 0 aromatic rings. The summed E-state index contributed by atoms with van der Waals surface area (Å²) in [5.74, 6) is -0.558. The van der Waals surface area contributed by atoms with E-state index in [0.29, 0.717) is 23.9 Å². The molecule has 0 radical (unpaired) electrons. The molecule has 0 spiro atoms. The smallest absolute Gasteiger partial charge is 0.306 e. The highest BCUT2D eigenvalue weighted by Gasteiger charge is 2.27. The van der Waals surface area contributed by atoms with Crippen LogP contribution in [0.5, 0.6) is 0 Å². The summed E-state index contributed by atoms with van der Waals surface area (Å²) < 4.78 is 30.2. The van der Waals surface area contributed by atoms with Crippen molar-refractivity contribution >= 4 is 19.7 Å². The van der Waals surface area contributed by atoms with Crippen LogP contribution in [0.4, 0.5) is 0 Å². The molecule has 3 atom stereocenters. The first-order valence-electron chi connectivity index (χ1n) is 28.8. The number of ether oxygens (including phenoxy) is 1. The van der Waals surface area contributed by atoms with E-state index in [1.807, 2.05) is 33.3 Å². The van der Waals surface area contributed by atoms with Crippen LogP contribution in [0.15, 0.2) is 36.5 Å². The van der Waals surface area contributed by atoms with E-state index in [0.717, 1.165) is 77.0 Å². The lowest BCUT2D eigenvalue weighted by Crippen LogP contribution is -2.47. The van der Waals surface area contributed by atoms with Crippen LogP contribution in [0.2, 0.25) is 0 Å². The summed E-state index contributed by atoms with van der Waals surface area (Å²) >= 11 is 0. The number of phosphoric acid groups is 1. The standard InChI is InChI=1S/C58H111N2O7P/c1-7-10-13-16-19-22-25-28-29-30-31-33-36-39-42-45-48-51-58(62)67-56(49-46-43-40-37-34-27-24-21-18-15-12-9-3)55(54-66-68(63,64)65-53-52-60(4,5)6)59-57(61)50-47-44-41-38-35-32-26-23-20-17-14-11-8-2/h28-29,32,35,46,49,55-56H,7-27,30-31,33-34,36-45,47-48,50-54H2,1-6H3,(H-,59,61,63,64)/b29-28+,35-32-,49-46+. The van der Waals surface area contributed by atoms with E-state index in [1.54, 1.807) is 0 Å². The van der Waals surface area contributed by atoms with E-state index in [9.17, 15) is 19.0 Å². The van der Waals surface area contributed by atoms with Crippen LogP contribution in [0.1, 0.15) is 271 Å². The molecule has 0 rings (SSSR count). The zero-order chi connectivity index (χ0) is 50.1. The Balaban J connectivity index is 5.35. The summed E-state index contributed by atoms with van der Waals surface area (Å²) in [4.78, 5) is 39.8. The Morgan fingerprint density at radius 2 is 0.853 bits per heavy atom. The third-order valence-corrected chi connectivity index (χ3v) is 13.8. The first-order chi connectivity index (χ1) is 32.9. The highest BCUT2D eigenvalue weighted by atomic mass is 31.2. The molecule has 0 saturated carbocycles. The number of hydrogen-bond donors (Lipinski definition) is 1. The number of unbranched alkanes of at least 4 members (excludes halogenated alkanes) is 32. The first-order valence-corrected chi connectivity index (χ1v) is 30.3. The van der Waals surface area contributed by atoms with Crippen LogP contribution in [0.25, 0.3) is 0 Å². The minimum Gasteiger partial charge on any atom is -0.756 e. The Morgan fingerprint density at radius 3 is 1.26 bits per heavy atom. The highest BCUT2D eigenvalue weighted by Crippen LogP contribution is 2.38. The Morgan fingerprint density at radius 1 is 0.500 bits per heavy atom. The maximum atomic E-state index is 13.4. The van der Waals surface area contributed by atoms with Gasteiger partial charge in [-0.3, -0.25) is 14.2 Å². The van der Waals surface area contributed by atoms with Crippen LogP contribution >= 0.6 is 7.82 Å². The SMILES string of the molecule is CCCCCCCC/C=C\CCCCCC(=O)NC(COP(=O)([O-])OCC[N+](C)(C)C)C(/C=C/CCCCCCCCCCCC)OC(=O)CCCCCCCCC/C=C/CCCCCCCC. The maximum absolute atomic E-state index is 13.4. The number of amides is 1. The van der Waals surface area contributed by atoms with Gasteiger partial charge in [0.15, 0.2) is 0 Å². The van der Waals surface area contributed by atoms with Gasteiger partial charge in [0.05, 0.1) is 33.8 Å². The summed E-state index contributed by atoms with van der Waals surface area (Å²) in [7, 11) is 1.18. The molecule has 0 bridgehead atoms. The molecule has 400 valence electrons. The molecule has 0 aliphatic rings. The van der Waals surface area contributed by atoms with Crippen molar-refractivity contribution in [3.05, 3.63) is 36.5 Å². The average Bonchev–Trinajstić information content (AvgIpc) is 3.29. The van der Waals surface area contributed by atoms with Gasteiger partial charge in [0.1, 0.15) is 19.3 Å². The topological polar surface area (TPSA) is 114 Å². The van der Waals surface area contributed by atoms with Crippen LogP contribution in [-0.2, 0) is 27.9 Å². The predicted octanol–water partition coefficient (Wildman–Crippen LogP) is 16.5. The number of likely N-dealkylation sites (N-methyl/N-ethyl adjacent to an activating group) is 1. The molecular weight excluding hydrogens is 868 g/mol. The second-order valence-corrected chi connectivity index (χ2v) is 22.2. The van der Waals surface area contributed by atoms with Crippen LogP contribution in [0, 0.1) is 0 Å². The van der Waals surface area contributed by atoms with Crippen molar-refractivity contribution in [3.8, 4) is 0 Å². The highest BCUT2D eigenvalue weighted by molar-refractivity contribution is 7.45. The van der Waals surface area contributed by atoms with Crippen molar-refractivity contribution < 1.29 is 37.3 Å². The monoisotopic (exact) mass is 979 g/mol. The van der Waals surface area contributed by atoms with E-state index in [-0.39, 0.29) is 24.9 Å². The lowest BCUT2D eigenvalue weighted by atomic mass is 10.0. The zero-order valence-corrected chi connectivity index (χ0v) is 46.5.